The zero-order valence-electron chi connectivity index (χ0n) is 19.1. The number of fused-ring (bicyclic) bond motifs is 1. The molecule has 0 N–H and O–H groups in total. The topological polar surface area (TPSA) is 46.6 Å². The fourth-order valence-electron chi connectivity index (χ4n) is 5.32. The Kier molecular flexibility index (Phi) is 7.58. The molecule has 1 saturated carbocycles. The van der Waals surface area contributed by atoms with E-state index in [4.69, 9.17) is 0 Å². The van der Waals surface area contributed by atoms with Crippen molar-refractivity contribution in [3.8, 4) is 0 Å². The Morgan fingerprint density at radius 3 is 1.91 bits per heavy atom. The molecule has 5 heteroatoms. The molecule has 0 spiro atoms. The molecule has 1 aliphatic heterocycles. The Hall–Kier alpha value is -1.84. The summed E-state index contributed by atoms with van der Waals surface area (Å²) < 4.78 is 4.46. The van der Waals surface area contributed by atoms with E-state index >= 15 is 0 Å². The van der Waals surface area contributed by atoms with Crippen LogP contribution in [0.5, 0.6) is 0 Å². The van der Waals surface area contributed by atoms with Crippen molar-refractivity contribution in [2.75, 3.05) is 6.16 Å². The third kappa shape index (κ3) is 4.89. The molecular weight excluding hydrogens is 415 g/mol. The number of allylic oxidation sites excluding steroid dienone is 1. The second kappa shape index (κ2) is 10.4. The van der Waals surface area contributed by atoms with Gasteiger partial charge in [0.2, 0.25) is 0 Å². The van der Waals surface area contributed by atoms with Gasteiger partial charge in [-0.05, 0) is 30.4 Å². The van der Waals surface area contributed by atoms with Gasteiger partial charge < -0.3 is 4.89 Å². The first kappa shape index (κ1) is 23.3. The van der Waals surface area contributed by atoms with Gasteiger partial charge in [0.05, 0.1) is 25.2 Å². The van der Waals surface area contributed by atoms with Gasteiger partial charge in [-0.2, -0.15) is 9.34 Å². The number of hydrogen-bond donors (Lipinski definition) is 0. The van der Waals surface area contributed by atoms with Crippen molar-refractivity contribution in [1.29, 1.82) is 0 Å². The molecule has 2 aromatic carbocycles. The van der Waals surface area contributed by atoms with Crippen LogP contribution in [0.3, 0.4) is 0 Å². The Labute approximate surface area is 193 Å². The van der Waals surface area contributed by atoms with Crippen LogP contribution in [-0.2, 0) is 17.9 Å². The molecule has 170 valence electrons. The first-order chi connectivity index (χ1) is 15.5. The summed E-state index contributed by atoms with van der Waals surface area (Å²) in [4.78, 5) is 28.2. The number of hydrogen-bond acceptors (Lipinski definition) is 4. The lowest BCUT2D eigenvalue weighted by Crippen LogP contribution is -2.40. The number of ketones is 1. The van der Waals surface area contributed by atoms with Crippen molar-refractivity contribution >= 4 is 13.6 Å². The third-order valence-electron chi connectivity index (χ3n) is 7.07. The summed E-state index contributed by atoms with van der Waals surface area (Å²) >= 11 is 0. The fourth-order valence-corrected chi connectivity index (χ4v) is 8.93. The molecule has 2 unspecified atom stereocenters. The number of rotatable bonds is 9. The molecule has 0 radical (unpaired) electrons. The van der Waals surface area contributed by atoms with Crippen LogP contribution in [0.4, 0.5) is 0 Å². The van der Waals surface area contributed by atoms with Crippen molar-refractivity contribution < 1.29 is 9.69 Å². The maximum absolute atomic E-state index is 15.0. The third-order valence-corrected chi connectivity index (χ3v) is 10.3. The van der Waals surface area contributed by atoms with Crippen molar-refractivity contribution in [2.24, 2.45) is 5.92 Å². The van der Waals surface area contributed by atoms with Crippen molar-refractivity contribution in [2.45, 2.75) is 64.2 Å². The van der Waals surface area contributed by atoms with Gasteiger partial charge in [-0.15, -0.1) is 6.58 Å². The largest absolute Gasteiger partial charge is 0.650 e. The Morgan fingerprint density at radius 2 is 1.47 bits per heavy atom. The van der Waals surface area contributed by atoms with Crippen LogP contribution in [0.25, 0.3) is 0 Å². The summed E-state index contributed by atoms with van der Waals surface area (Å²) in [5.41, 5.74) is 2.32. The summed E-state index contributed by atoms with van der Waals surface area (Å²) in [7, 11) is -3.08. The average Bonchev–Trinajstić information content (AvgIpc) is 3.03. The minimum atomic E-state index is -3.08. The average molecular weight is 451 g/mol. The first-order valence-corrected chi connectivity index (χ1v) is 13.7. The second-order valence-electron chi connectivity index (χ2n) is 9.30. The zero-order chi connectivity index (χ0) is 22.6. The Bertz CT molecular complexity index is 847. The highest BCUT2D eigenvalue weighted by molar-refractivity contribution is 7.65. The van der Waals surface area contributed by atoms with Gasteiger partial charge in [-0.25, -0.2) is 0 Å². The summed E-state index contributed by atoms with van der Waals surface area (Å²) in [5, 5.41) is 0. The van der Waals surface area contributed by atoms with E-state index in [9.17, 15) is 9.69 Å². The normalized spacial score (nSPS) is 27.1. The fraction of sp³-hybridized carbons (Fsp3) is 0.444. The number of Topliss-reactive ketones (excluding diaryl/α,β-unsaturated/α-hetero) is 1. The van der Waals surface area contributed by atoms with Gasteiger partial charge in [0.1, 0.15) is 14.0 Å². The van der Waals surface area contributed by atoms with E-state index < -0.39 is 7.79 Å². The lowest BCUT2D eigenvalue weighted by Gasteiger charge is -2.41. The lowest BCUT2D eigenvalue weighted by atomic mass is 9.90. The molecule has 32 heavy (non-hydrogen) atoms. The molecule has 3 atom stereocenters. The molecule has 1 aliphatic carbocycles. The van der Waals surface area contributed by atoms with Gasteiger partial charge in [0.15, 0.2) is 5.78 Å². The maximum atomic E-state index is 15.0. The molecule has 2 aromatic rings. The number of carbonyl (C=O) groups is 1. The molecule has 0 bridgehead atoms. The molecule has 1 saturated heterocycles. The Morgan fingerprint density at radius 1 is 1.00 bits per heavy atom. The standard InChI is InChI=1S/C27H35N2O2P/c1-3-12-22(2)27(30)21-32(31)28(19-23-13-6-4-7-14-23)25-17-10-11-18-26(25)29(32)20-24-15-8-5-9-16-24/h3-9,13-16,22,25-26H,1,10-12,17-21H2,2H3/t22-,25?,26?,32?/m1/s1. The second-order valence-corrected chi connectivity index (χ2v) is 12.0. The summed E-state index contributed by atoms with van der Waals surface area (Å²) in [6.07, 6.45) is 6.94. The van der Waals surface area contributed by atoms with Crippen molar-refractivity contribution in [3.05, 3.63) is 84.4 Å². The summed E-state index contributed by atoms with van der Waals surface area (Å²) in [5.74, 6) is -0.0684. The highest BCUT2D eigenvalue weighted by Crippen LogP contribution is 2.67. The van der Waals surface area contributed by atoms with Crippen LogP contribution in [0.2, 0.25) is 0 Å². The number of benzene rings is 2. The van der Waals surface area contributed by atoms with Crippen LogP contribution in [-0.4, -0.2) is 33.4 Å². The van der Waals surface area contributed by atoms with Gasteiger partial charge >= 0.3 is 0 Å². The summed E-state index contributed by atoms with van der Waals surface area (Å²) in [6.45, 7) is 6.99. The van der Waals surface area contributed by atoms with Crippen LogP contribution >= 0.6 is 7.79 Å². The molecular formula is C27H35N2O2P. The SMILES string of the molecule is C=CC[C@@H](C)C(=O)C[P+]1([O-])N(Cc2ccccc2)C2CCCCC2N1Cc1ccccc1. The summed E-state index contributed by atoms with van der Waals surface area (Å²) in [6, 6.07) is 21.0. The highest BCUT2D eigenvalue weighted by atomic mass is 31.2. The van der Waals surface area contributed by atoms with Gasteiger partial charge in [-0.3, -0.25) is 4.79 Å². The smallest absolute Gasteiger partial charge is 0.176 e. The minimum Gasteiger partial charge on any atom is -0.650 e. The molecule has 1 heterocycles. The first-order valence-electron chi connectivity index (χ1n) is 11.9. The van der Waals surface area contributed by atoms with E-state index in [1.807, 2.05) is 43.3 Å². The quantitative estimate of drug-likeness (QED) is 0.388. The molecule has 4 nitrogen and oxygen atoms in total. The van der Waals surface area contributed by atoms with Gasteiger partial charge in [0, 0.05) is 5.92 Å². The van der Waals surface area contributed by atoms with Crippen molar-refractivity contribution in [1.82, 2.24) is 9.34 Å². The predicted octanol–water partition coefficient (Wildman–Crippen LogP) is 5.22. The van der Waals surface area contributed by atoms with Crippen molar-refractivity contribution in [3.63, 3.8) is 0 Å². The molecule has 0 amide bonds. The molecule has 0 aromatic heterocycles. The van der Waals surface area contributed by atoms with Crippen LogP contribution in [0.1, 0.15) is 50.2 Å². The highest BCUT2D eigenvalue weighted by Gasteiger charge is 2.59. The number of nitrogens with zero attached hydrogens (tertiary/aromatic N) is 2. The van der Waals surface area contributed by atoms with Crippen LogP contribution in [0, 0.1) is 5.92 Å². The molecule has 2 aliphatic rings. The van der Waals surface area contributed by atoms with Crippen LogP contribution in [0.15, 0.2) is 73.3 Å². The minimum absolute atomic E-state index is 0.0861. The van der Waals surface area contributed by atoms with E-state index in [-0.39, 0.29) is 29.9 Å². The van der Waals surface area contributed by atoms with E-state index in [0.29, 0.717) is 19.5 Å². The predicted molar refractivity (Wildman–Crippen MR) is 131 cm³/mol. The Balaban J connectivity index is 1.71. The van der Waals surface area contributed by atoms with E-state index in [0.717, 1.165) is 36.8 Å². The number of carbonyl (C=O) groups excluding carboxylic acids is 1. The molecule has 2 fully saturated rings. The van der Waals surface area contributed by atoms with E-state index in [1.165, 1.54) is 0 Å². The van der Waals surface area contributed by atoms with E-state index in [2.05, 4.69) is 40.2 Å². The maximum Gasteiger partial charge on any atom is 0.176 e. The van der Waals surface area contributed by atoms with Gasteiger partial charge in [-0.1, -0.05) is 86.5 Å². The van der Waals surface area contributed by atoms with E-state index in [1.54, 1.807) is 6.08 Å². The lowest BCUT2D eigenvalue weighted by molar-refractivity contribution is -0.192. The zero-order valence-corrected chi connectivity index (χ0v) is 20.0. The molecule has 4 rings (SSSR count). The van der Waals surface area contributed by atoms with Gasteiger partial charge in [0.25, 0.3) is 0 Å². The monoisotopic (exact) mass is 450 g/mol. The van der Waals surface area contributed by atoms with Crippen LogP contribution < -0.4 is 4.89 Å².